The largest absolute Gasteiger partial charge is 0.487 e. The summed E-state index contributed by atoms with van der Waals surface area (Å²) in [5.74, 6) is 0.564. The summed E-state index contributed by atoms with van der Waals surface area (Å²) in [6, 6.07) is 8.84. The van der Waals surface area contributed by atoms with Gasteiger partial charge in [0.05, 0.1) is 11.6 Å². The summed E-state index contributed by atoms with van der Waals surface area (Å²) >= 11 is 0. The number of piperidine rings is 1. The van der Waals surface area contributed by atoms with Gasteiger partial charge in [0.1, 0.15) is 18.0 Å². The molecule has 1 aromatic carbocycles. The normalized spacial score (nSPS) is 24.8. The van der Waals surface area contributed by atoms with E-state index in [1.807, 2.05) is 6.07 Å². The van der Waals surface area contributed by atoms with E-state index < -0.39 is 12.3 Å². The molecular formula is C12H13FN2O. The summed E-state index contributed by atoms with van der Waals surface area (Å²) in [6.07, 6.45) is -0.743. The van der Waals surface area contributed by atoms with Crippen LogP contribution >= 0.6 is 0 Å². The summed E-state index contributed by atoms with van der Waals surface area (Å²) in [7, 11) is 0. The zero-order valence-corrected chi connectivity index (χ0v) is 8.82. The zero-order chi connectivity index (χ0) is 11.4. The molecule has 1 saturated heterocycles. The number of ether oxygens (including phenoxy) is 1. The van der Waals surface area contributed by atoms with E-state index in [2.05, 4.69) is 5.32 Å². The van der Waals surface area contributed by atoms with Crippen LogP contribution in [0.15, 0.2) is 24.3 Å². The Labute approximate surface area is 93.8 Å². The lowest BCUT2D eigenvalue weighted by Gasteiger charge is -2.27. The van der Waals surface area contributed by atoms with Crippen molar-refractivity contribution in [2.75, 3.05) is 13.1 Å². The van der Waals surface area contributed by atoms with Gasteiger partial charge in [0.2, 0.25) is 0 Å². The standard InChI is InChI=1S/C12H13FN2O/c13-11-8-15-5-4-12(11)16-10-3-1-2-9(6-10)7-14/h1-3,6,11-12,15H,4-5,8H2/t11-,12?/m1/s1. The maximum Gasteiger partial charge on any atom is 0.149 e. The van der Waals surface area contributed by atoms with Gasteiger partial charge in [0.15, 0.2) is 0 Å². The number of nitrogens with one attached hydrogen (secondary N) is 1. The van der Waals surface area contributed by atoms with Crippen LogP contribution in [0.5, 0.6) is 5.75 Å². The van der Waals surface area contributed by atoms with E-state index in [-0.39, 0.29) is 0 Å². The molecular weight excluding hydrogens is 207 g/mol. The van der Waals surface area contributed by atoms with Gasteiger partial charge in [-0.15, -0.1) is 0 Å². The lowest BCUT2D eigenvalue weighted by molar-refractivity contribution is 0.0731. The van der Waals surface area contributed by atoms with Crippen LogP contribution in [0.3, 0.4) is 0 Å². The highest BCUT2D eigenvalue weighted by molar-refractivity contribution is 5.36. The van der Waals surface area contributed by atoms with Gasteiger partial charge in [-0.2, -0.15) is 5.26 Å². The van der Waals surface area contributed by atoms with E-state index in [0.717, 1.165) is 6.54 Å². The van der Waals surface area contributed by atoms with Crippen LogP contribution < -0.4 is 10.1 Å². The molecule has 2 atom stereocenters. The number of benzene rings is 1. The van der Waals surface area contributed by atoms with Crippen molar-refractivity contribution in [2.45, 2.75) is 18.7 Å². The number of hydrogen-bond acceptors (Lipinski definition) is 3. The Morgan fingerprint density at radius 1 is 1.50 bits per heavy atom. The zero-order valence-electron chi connectivity index (χ0n) is 8.82. The van der Waals surface area contributed by atoms with Crippen LogP contribution in [0.4, 0.5) is 4.39 Å². The van der Waals surface area contributed by atoms with E-state index in [9.17, 15) is 4.39 Å². The molecule has 0 aromatic heterocycles. The Morgan fingerprint density at radius 3 is 3.12 bits per heavy atom. The lowest BCUT2D eigenvalue weighted by atomic mass is 10.1. The molecule has 0 bridgehead atoms. The Kier molecular flexibility index (Phi) is 3.37. The van der Waals surface area contributed by atoms with E-state index >= 15 is 0 Å². The molecule has 16 heavy (non-hydrogen) atoms. The molecule has 0 radical (unpaired) electrons. The molecule has 1 aromatic rings. The van der Waals surface area contributed by atoms with Crippen LogP contribution in [0, 0.1) is 11.3 Å². The molecule has 1 aliphatic rings. The minimum atomic E-state index is -0.987. The van der Waals surface area contributed by atoms with Crippen LogP contribution in [0.1, 0.15) is 12.0 Å². The van der Waals surface area contributed by atoms with Crippen molar-refractivity contribution in [1.29, 1.82) is 5.26 Å². The van der Waals surface area contributed by atoms with E-state index in [1.165, 1.54) is 0 Å². The number of nitriles is 1. The van der Waals surface area contributed by atoms with E-state index in [0.29, 0.717) is 24.3 Å². The first-order chi connectivity index (χ1) is 7.79. The molecule has 0 spiro atoms. The minimum absolute atomic E-state index is 0.336. The van der Waals surface area contributed by atoms with Gasteiger partial charge in [0.25, 0.3) is 0 Å². The minimum Gasteiger partial charge on any atom is -0.487 e. The lowest BCUT2D eigenvalue weighted by Crippen LogP contribution is -2.44. The number of nitrogens with zero attached hydrogens (tertiary/aromatic N) is 1. The van der Waals surface area contributed by atoms with Crippen molar-refractivity contribution in [2.24, 2.45) is 0 Å². The molecule has 4 heteroatoms. The predicted molar refractivity (Wildman–Crippen MR) is 58.0 cm³/mol. The van der Waals surface area contributed by atoms with Gasteiger partial charge in [-0.1, -0.05) is 6.07 Å². The van der Waals surface area contributed by atoms with Crippen molar-refractivity contribution in [3.63, 3.8) is 0 Å². The van der Waals surface area contributed by atoms with Crippen molar-refractivity contribution in [3.05, 3.63) is 29.8 Å². The number of halogens is 1. The Morgan fingerprint density at radius 2 is 2.38 bits per heavy atom. The van der Waals surface area contributed by atoms with Gasteiger partial charge in [0, 0.05) is 6.54 Å². The predicted octanol–water partition coefficient (Wildman–Crippen LogP) is 1.64. The molecule has 1 aliphatic heterocycles. The molecule has 1 fully saturated rings. The molecule has 0 amide bonds. The summed E-state index contributed by atoms with van der Waals surface area (Å²) in [5, 5.41) is 11.7. The fourth-order valence-corrected chi connectivity index (χ4v) is 1.74. The van der Waals surface area contributed by atoms with Gasteiger partial charge in [-0.05, 0) is 31.2 Å². The van der Waals surface area contributed by atoms with Gasteiger partial charge in [-0.25, -0.2) is 4.39 Å². The first-order valence-electron chi connectivity index (χ1n) is 5.31. The van der Waals surface area contributed by atoms with Crippen LogP contribution in [-0.4, -0.2) is 25.4 Å². The maximum absolute atomic E-state index is 13.5. The SMILES string of the molecule is N#Cc1cccc(OC2CCNC[C@H]2F)c1. The molecule has 1 heterocycles. The van der Waals surface area contributed by atoms with Crippen molar-refractivity contribution < 1.29 is 9.13 Å². The Hall–Kier alpha value is -1.60. The topological polar surface area (TPSA) is 45.0 Å². The molecule has 1 N–H and O–H groups in total. The summed E-state index contributed by atoms with van der Waals surface area (Å²) in [4.78, 5) is 0. The quantitative estimate of drug-likeness (QED) is 0.824. The first kappa shape index (κ1) is 10.9. The van der Waals surface area contributed by atoms with Crippen molar-refractivity contribution >= 4 is 0 Å². The Balaban J connectivity index is 2.05. The first-order valence-corrected chi connectivity index (χ1v) is 5.31. The third-order valence-corrected chi connectivity index (χ3v) is 2.60. The third kappa shape index (κ3) is 2.50. The van der Waals surface area contributed by atoms with Crippen LogP contribution in [-0.2, 0) is 0 Å². The van der Waals surface area contributed by atoms with Gasteiger partial charge < -0.3 is 10.1 Å². The smallest absolute Gasteiger partial charge is 0.149 e. The van der Waals surface area contributed by atoms with E-state index in [1.54, 1.807) is 24.3 Å². The highest BCUT2D eigenvalue weighted by Crippen LogP contribution is 2.19. The summed E-state index contributed by atoms with van der Waals surface area (Å²) < 4.78 is 19.0. The van der Waals surface area contributed by atoms with Gasteiger partial charge >= 0.3 is 0 Å². The fraction of sp³-hybridized carbons (Fsp3) is 0.417. The number of alkyl halides is 1. The van der Waals surface area contributed by atoms with E-state index in [4.69, 9.17) is 10.00 Å². The second-order valence-corrected chi connectivity index (χ2v) is 3.80. The monoisotopic (exact) mass is 220 g/mol. The molecule has 0 aliphatic carbocycles. The third-order valence-electron chi connectivity index (χ3n) is 2.60. The molecule has 1 unspecified atom stereocenters. The molecule has 84 valence electrons. The van der Waals surface area contributed by atoms with Crippen LogP contribution in [0.2, 0.25) is 0 Å². The fourth-order valence-electron chi connectivity index (χ4n) is 1.74. The number of rotatable bonds is 2. The summed E-state index contributed by atoms with van der Waals surface area (Å²) in [6.45, 7) is 1.10. The second-order valence-electron chi connectivity index (χ2n) is 3.80. The molecule has 3 nitrogen and oxygen atoms in total. The van der Waals surface area contributed by atoms with Gasteiger partial charge in [-0.3, -0.25) is 0 Å². The average molecular weight is 220 g/mol. The molecule has 0 saturated carbocycles. The average Bonchev–Trinajstić information content (AvgIpc) is 2.32. The number of hydrogen-bond donors (Lipinski definition) is 1. The van der Waals surface area contributed by atoms with Crippen LogP contribution in [0.25, 0.3) is 0 Å². The highest BCUT2D eigenvalue weighted by atomic mass is 19.1. The highest BCUT2D eigenvalue weighted by Gasteiger charge is 2.26. The second kappa shape index (κ2) is 4.95. The Bertz CT molecular complexity index is 402. The maximum atomic E-state index is 13.5. The summed E-state index contributed by atoms with van der Waals surface area (Å²) in [5.41, 5.74) is 0.529. The molecule has 2 rings (SSSR count). The van der Waals surface area contributed by atoms with Crippen molar-refractivity contribution in [1.82, 2.24) is 5.32 Å². The van der Waals surface area contributed by atoms with Crippen molar-refractivity contribution in [3.8, 4) is 11.8 Å².